The maximum Gasteiger partial charge on any atom is 0.338 e. The molecule has 9 heteroatoms. The van der Waals surface area contributed by atoms with Gasteiger partial charge in [0.1, 0.15) is 23.9 Å². The molecule has 0 aliphatic carbocycles. The highest BCUT2D eigenvalue weighted by Gasteiger charge is 2.23. The van der Waals surface area contributed by atoms with Crippen LogP contribution in [-0.2, 0) is 19.5 Å². The molecule has 1 N–H and O–H groups in total. The van der Waals surface area contributed by atoms with Crippen LogP contribution >= 0.6 is 11.6 Å². The van der Waals surface area contributed by atoms with Crippen LogP contribution in [0.15, 0.2) is 47.4 Å². The molecule has 2 aromatic carbocycles. The molecule has 1 saturated heterocycles. The molecule has 1 atom stereocenters. The summed E-state index contributed by atoms with van der Waals surface area (Å²) in [6, 6.07) is 11.5. The van der Waals surface area contributed by atoms with Crippen molar-refractivity contribution in [3.05, 3.63) is 58.6 Å². The first-order chi connectivity index (χ1) is 14.4. The van der Waals surface area contributed by atoms with Gasteiger partial charge in [0.15, 0.2) is 0 Å². The molecule has 1 unspecified atom stereocenters. The van der Waals surface area contributed by atoms with E-state index in [1.165, 1.54) is 18.2 Å². The van der Waals surface area contributed by atoms with Crippen LogP contribution in [0, 0.1) is 6.92 Å². The molecule has 30 heavy (non-hydrogen) atoms. The third kappa shape index (κ3) is 5.95. The van der Waals surface area contributed by atoms with E-state index in [2.05, 4.69) is 4.72 Å². The molecular weight excluding hydrogens is 430 g/mol. The Labute approximate surface area is 181 Å². The second-order valence-electron chi connectivity index (χ2n) is 6.88. The molecule has 0 aromatic heterocycles. The average Bonchev–Trinajstić information content (AvgIpc) is 3.25. The maximum atomic E-state index is 12.6. The lowest BCUT2D eigenvalue weighted by Gasteiger charge is -2.13. The van der Waals surface area contributed by atoms with Crippen LogP contribution in [0.25, 0.3) is 0 Å². The van der Waals surface area contributed by atoms with Crippen molar-refractivity contribution in [2.24, 2.45) is 0 Å². The number of hydrogen-bond donors (Lipinski definition) is 1. The predicted molar refractivity (Wildman–Crippen MR) is 113 cm³/mol. The monoisotopic (exact) mass is 453 g/mol. The number of esters is 1. The maximum absolute atomic E-state index is 12.6. The van der Waals surface area contributed by atoms with Gasteiger partial charge in [0.25, 0.3) is 0 Å². The molecule has 1 heterocycles. The number of halogens is 1. The summed E-state index contributed by atoms with van der Waals surface area (Å²) in [6.07, 6.45) is 1.55. The Bertz CT molecular complexity index is 989. The molecule has 2 aromatic rings. The summed E-state index contributed by atoms with van der Waals surface area (Å²) in [5.74, 6) is 0.0568. The van der Waals surface area contributed by atoms with Gasteiger partial charge < -0.3 is 14.2 Å². The zero-order valence-electron chi connectivity index (χ0n) is 16.6. The second kappa shape index (κ2) is 10.3. The number of rotatable bonds is 9. The van der Waals surface area contributed by atoms with Gasteiger partial charge in [-0.05, 0) is 49.6 Å². The van der Waals surface area contributed by atoms with Crippen LogP contribution in [0.2, 0.25) is 5.02 Å². The Morgan fingerprint density at radius 1 is 1.23 bits per heavy atom. The lowest BCUT2D eigenvalue weighted by atomic mass is 10.2. The van der Waals surface area contributed by atoms with Gasteiger partial charge in [-0.3, -0.25) is 0 Å². The third-order valence-electron chi connectivity index (χ3n) is 4.65. The Morgan fingerprint density at radius 3 is 2.77 bits per heavy atom. The summed E-state index contributed by atoms with van der Waals surface area (Å²) in [7, 11) is -3.89. The van der Waals surface area contributed by atoms with E-state index in [1.54, 1.807) is 0 Å². The lowest BCUT2D eigenvalue weighted by molar-refractivity contribution is 0.0450. The zero-order valence-corrected chi connectivity index (χ0v) is 18.2. The zero-order chi connectivity index (χ0) is 21.6. The summed E-state index contributed by atoms with van der Waals surface area (Å²) in [6.45, 7) is 2.91. The van der Waals surface area contributed by atoms with Gasteiger partial charge in [-0.15, -0.1) is 0 Å². The molecule has 0 spiro atoms. The Kier molecular flexibility index (Phi) is 7.71. The molecule has 1 aliphatic rings. The molecule has 0 amide bonds. The van der Waals surface area contributed by atoms with Crippen LogP contribution in [0.3, 0.4) is 0 Å². The second-order valence-corrected chi connectivity index (χ2v) is 9.02. The molecule has 162 valence electrons. The molecule has 7 nitrogen and oxygen atoms in total. The van der Waals surface area contributed by atoms with Crippen molar-refractivity contribution in [3.63, 3.8) is 0 Å². The summed E-state index contributed by atoms with van der Waals surface area (Å²) in [5.41, 5.74) is 1.07. The van der Waals surface area contributed by atoms with E-state index in [-0.39, 0.29) is 41.3 Å². The van der Waals surface area contributed by atoms with Gasteiger partial charge in [-0.25, -0.2) is 17.9 Å². The molecule has 1 aliphatic heterocycles. The molecule has 3 rings (SSSR count). The largest absolute Gasteiger partial charge is 0.490 e. The highest BCUT2D eigenvalue weighted by Crippen LogP contribution is 2.23. The summed E-state index contributed by atoms with van der Waals surface area (Å²) < 4.78 is 43.9. The van der Waals surface area contributed by atoms with Crippen molar-refractivity contribution >= 4 is 27.6 Å². The number of sulfonamides is 1. The van der Waals surface area contributed by atoms with E-state index < -0.39 is 16.0 Å². The van der Waals surface area contributed by atoms with E-state index in [9.17, 15) is 13.2 Å². The number of aryl methyl sites for hydroxylation is 1. The Morgan fingerprint density at radius 2 is 2.03 bits per heavy atom. The summed E-state index contributed by atoms with van der Waals surface area (Å²) in [5, 5.41) is 0.0225. The molecule has 0 saturated carbocycles. The highest BCUT2D eigenvalue weighted by atomic mass is 35.5. The van der Waals surface area contributed by atoms with Crippen molar-refractivity contribution in [2.45, 2.75) is 30.8 Å². The van der Waals surface area contributed by atoms with E-state index in [0.29, 0.717) is 12.4 Å². The van der Waals surface area contributed by atoms with E-state index in [0.717, 1.165) is 18.4 Å². The molecule has 0 radical (unpaired) electrons. The number of nitrogens with one attached hydrogen (secondary N) is 1. The van der Waals surface area contributed by atoms with E-state index >= 15 is 0 Å². The first-order valence-electron chi connectivity index (χ1n) is 9.63. The van der Waals surface area contributed by atoms with Crippen LogP contribution in [0.5, 0.6) is 5.75 Å². The fourth-order valence-corrected chi connectivity index (χ4v) is 4.60. The number of carbonyl (C=O) groups excluding carboxylic acids is 1. The van der Waals surface area contributed by atoms with Gasteiger partial charge in [-0.2, -0.15) is 0 Å². The van der Waals surface area contributed by atoms with Crippen molar-refractivity contribution in [3.8, 4) is 5.75 Å². The minimum atomic E-state index is -3.89. The van der Waals surface area contributed by atoms with Crippen LogP contribution in [0.1, 0.15) is 28.8 Å². The molecular formula is C21H24ClNO6S. The first-order valence-corrected chi connectivity index (χ1v) is 11.5. The van der Waals surface area contributed by atoms with E-state index in [4.69, 9.17) is 25.8 Å². The summed E-state index contributed by atoms with van der Waals surface area (Å²) in [4.78, 5) is 12.2. The predicted octanol–water partition coefficient (Wildman–Crippen LogP) is 3.34. The smallest absolute Gasteiger partial charge is 0.338 e. The molecule has 0 bridgehead atoms. The number of ether oxygens (including phenoxy) is 3. The average molecular weight is 454 g/mol. The van der Waals surface area contributed by atoms with Crippen LogP contribution < -0.4 is 9.46 Å². The summed E-state index contributed by atoms with van der Waals surface area (Å²) >= 11 is 6.07. The van der Waals surface area contributed by atoms with Crippen molar-refractivity contribution in [1.82, 2.24) is 4.72 Å². The van der Waals surface area contributed by atoms with Crippen LogP contribution in [-0.4, -0.2) is 46.9 Å². The topological polar surface area (TPSA) is 90.9 Å². The van der Waals surface area contributed by atoms with E-state index in [1.807, 2.05) is 31.2 Å². The number of benzene rings is 2. The van der Waals surface area contributed by atoms with Crippen LogP contribution in [0.4, 0.5) is 0 Å². The standard InChI is InChI=1S/C21H24ClNO6S/c1-15-5-2-3-7-19(15)28-11-12-29-21(24)16-8-9-18(22)20(13-16)30(25,26)23-14-17-6-4-10-27-17/h2-3,5,7-9,13,17,23H,4,6,10-12,14H2,1H3. The van der Waals surface area contributed by atoms with Gasteiger partial charge in [-0.1, -0.05) is 29.8 Å². The fraction of sp³-hybridized carbons (Fsp3) is 0.381. The number of para-hydroxylation sites is 1. The van der Waals surface area contributed by atoms with Crippen molar-refractivity contribution < 1.29 is 27.4 Å². The van der Waals surface area contributed by atoms with Gasteiger partial charge in [0.2, 0.25) is 10.0 Å². The minimum Gasteiger partial charge on any atom is -0.490 e. The number of carbonyl (C=O) groups is 1. The molecule has 1 fully saturated rings. The Hall–Kier alpha value is -2.13. The lowest BCUT2D eigenvalue weighted by Crippen LogP contribution is -2.32. The quantitative estimate of drug-likeness (QED) is 0.462. The van der Waals surface area contributed by atoms with Crippen molar-refractivity contribution in [1.29, 1.82) is 0 Å². The SMILES string of the molecule is Cc1ccccc1OCCOC(=O)c1ccc(Cl)c(S(=O)(=O)NCC2CCCO2)c1. The van der Waals surface area contributed by atoms with Crippen molar-refractivity contribution in [2.75, 3.05) is 26.4 Å². The minimum absolute atomic E-state index is 0.0225. The van der Waals surface area contributed by atoms with Gasteiger partial charge in [0.05, 0.1) is 16.7 Å². The van der Waals surface area contributed by atoms with Gasteiger partial charge in [0, 0.05) is 13.2 Å². The normalized spacial score (nSPS) is 16.4. The Balaban J connectivity index is 1.57. The highest BCUT2D eigenvalue weighted by molar-refractivity contribution is 7.89. The fourth-order valence-electron chi connectivity index (χ4n) is 3.01. The third-order valence-corrected chi connectivity index (χ3v) is 6.55. The first kappa shape index (κ1) is 22.6. The number of hydrogen-bond acceptors (Lipinski definition) is 6. The van der Waals surface area contributed by atoms with Gasteiger partial charge >= 0.3 is 5.97 Å².